The lowest BCUT2D eigenvalue weighted by Gasteiger charge is -2.44. The van der Waals surface area contributed by atoms with Gasteiger partial charge in [0.2, 0.25) is 5.79 Å². The molecular formula is C26H31ClN2O6. The number of phenols is 1. The maximum Gasteiger partial charge on any atom is 0.255 e. The zero-order valence-electron chi connectivity index (χ0n) is 19.7. The van der Waals surface area contributed by atoms with Gasteiger partial charge in [0.1, 0.15) is 18.1 Å². The van der Waals surface area contributed by atoms with Crippen molar-refractivity contribution in [2.24, 2.45) is 0 Å². The van der Waals surface area contributed by atoms with Crippen LogP contribution in [0, 0.1) is 0 Å². The predicted molar refractivity (Wildman–Crippen MR) is 129 cm³/mol. The van der Waals surface area contributed by atoms with Crippen molar-refractivity contribution >= 4 is 17.5 Å². The molecule has 5 rings (SSSR count). The summed E-state index contributed by atoms with van der Waals surface area (Å²) >= 11 is 6.79. The van der Waals surface area contributed by atoms with Crippen LogP contribution in [0.5, 0.6) is 11.5 Å². The minimum absolute atomic E-state index is 0.0390. The zero-order valence-corrected chi connectivity index (χ0v) is 20.5. The van der Waals surface area contributed by atoms with Gasteiger partial charge in [0.25, 0.3) is 5.91 Å². The number of benzene rings is 2. The van der Waals surface area contributed by atoms with Crippen molar-refractivity contribution in [3.63, 3.8) is 0 Å². The van der Waals surface area contributed by atoms with Gasteiger partial charge in [0, 0.05) is 32.2 Å². The lowest BCUT2D eigenvalue weighted by molar-refractivity contribution is -0.219. The number of amides is 1. The Balaban J connectivity index is 1.24. The highest BCUT2D eigenvalue weighted by atomic mass is 35.5. The van der Waals surface area contributed by atoms with Gasteiger partial charge in [0.05, 0.1) is 29.8 Å². The van der Waals surface area contributed by atoms with E-state index in [1.807, 2.05) is 17.0 Å². The second-order valence-electron chi connectivity index (χ2n) is 9.67. The van der Waals surface area contributed by atoms with Crippen molar-refractivity contribution in [1.29, 1.82) is 0 Å². The van der Waals surface area contributed by atoms with E-state index in [1.165, 1.54) is 36.4 Å². The number of β-amino-alcohol motifs (C(OH)–C–C–N with tert-alkyl or cyclic N) is 1. The van der Waals surface area contributed by atoms with E-state index in [1.54, 1.807) is 0 Å². The number of alkyl halides is 1. The van der Waals surface area contributed by atoms with Gasteiger partial charge in [-0.1, -0.05) is 24.3 Å². The lowest BCUT2D eigenvalue weighted by atomic mass is 9.83. The van der Waals surface area contributed by atoms with E-state index in [9.17, 15) is 15.0 Å². The number of methoxy groups -OCH3 is 1. The summed E-state index contributed by atoms with van der Waals surface area (Å²) < 4.78 is 17.5. The molecule has 2 aromatic carbocycles. The Morgan fingerprint density at radius 2 is 2.11 bits per heavy atom. The monoisotopic (exact) mass is 502 g/mol. The van der Waals surface area contributed by atoms with E-state index in [2.05, 4.69) is 17.4 Å². The summed E-state index contributed by atoms with van der Waals surface area (Å²) in [5.74, 6) is -1.82. The molecule has 35 heavy (non-hydrogen) atoms. The molecule has 3 N–H and O–H groups in total. The molecule has 3 atom stereocenters. The van der Waals surface area contributed by atoms with Crippen LogP contribution in [0.15, 0.2) is 42.5 Å². The quantitative estimate of drug-likeness (QED) is 0.290. The first-order valence-electron chi connectivity index (χ1n) is 12.0. The Morgan fingerprint density at radius 3 is 2.86 bits per heavy atom. The van der Waals surface area contributed by atoms with E-state index < -0.39 is 11.4 Å². The Hall–Kier alpha value is -2.36. The summed E-state index contributed by atoms with van der Waals surface area (Å²) in [6, 6.07) is 12.7. The summed E-state index contributed by atoms with van der Waals surface area (Å²) in [6.07, 6.45) is 3.24. The van der Waals surface area contributed by atoms with E-state index in [0.29, 0.717) is 25.1 Å². The Bertz CT molecular complexity index is 1100. The molecule has 1 aliphatic carbocycles. The average molecular weight is 503 g/mol. The summed E-state index contributed by atoms with van der Waals surface area (Å²) in [5, 5.41) is 24.0. The van der Waals surface area contributed by atoms with Crippen LogP contribution in [-0.2, 0) is 21.7 Å². The van der Waals surface area contributed by atoms with Crippen LogP contribution >= 0.6 is 11.6 Å². The molecule has 188 valence electrons. The number of phenolic OH excluding ortho intramolecular Hbond substituents is 1. The van der Waals surface area contributed by atoms with Gasteiger partial charge < -0.3 is 29.7 Å². The number of hydrogen-bond acceptors (Lipinski definition) is 7. The third-order valence-electron chi connectivity index (χ3n) is 7.12. The number of carbonyl (C=O) groups is 1. The van der Waals surface area contributed by atoms with Crippen molar-refractivity contribution < 1.29 is 29.2 Å². The van der Waals surface area contributed by atoms with E-state index >= 15 is 0 Å². The molecule has 2 heterocycles. The minimum Gasteiger partial charge on any atom is -0.508 e. The highest BCUT2D eigenvalue weighted by molar-refractivity contribution is 6.20. The lowest BCUT2D eigenvalue weighted by Crippen LogP contribution is -2.55. The fourth-order valence-electron chi connectivity index (χ4n) is 4.89. The van der Waals surface area contributed by atoms with Crippen molar-refractivity contribution in [2.75, 3.05) is 26.8 Å². The standard InChI is InChI=1S/C26H31ClN2O6/c1-33-26(32,16-34-22-12-19(30)8-9-20(22)24(31)28-18-6-7-18)15-29-11-10-25(13-23(29)27)21-5-3-2-4-17(21)14-35-25/h2-5,8-9,12,18,23,30,32H,6-7,10-11,13-16H2,1H3,(H,28,31)/t23?,25-,26-/m0/s1. The number of aliphatic hydroxyl groups is 1. The Morgan fingerprint density at radius 1 is 1.31 bits per heavy atom. The molecule has 1 spiro atoms. The predicted octanol–water partition coefficient (Wildman–Crippen LogP) is 3.08. The van der Waals surface area contributed by atoms with Crippen molar-refractivity contribution in [1.82, 2.24) is 10.2 Å². The number of halogens is 1. The Kier molecular flexibility index (Phi) is 6.67. The molecule has 2 aromatic rings. The number of ether oxygens (including phenoxy) is 3. The van der Waals surface area contributed by atoms with Crippen LogP contribution in [-0.4, -0.2) is 65.2 Å². The summed E-state index contributed by atoms with van der Waals surface area (Å²) in [5.41, 5.74) is 1.89. The van der Waals surface area contributed by atoms with Gasteiger partial charge in [-0.15, -0.1) is 11.6 Å². The number of nitrogens with zero attached hydrogens (tertiary/aromatic N) is 1. The normalized spacial score (nSPS) is 25.7. The van der Waals surface area contributed by atoms with Crippen molar-refractivity contribution in [3.05, 3.63) is 59.2 Å². The summed E-state index contributed by atoms with van der Waals surface area (Å²) in [6.45, 7) is 1.05. The first kappa shape index (κ1) is 24.3. The van der Waals surface area contributed by atoms with Gasteiger partial charge in [-0.25, -0.2) is 0 Å². The first-order valence-corrected chi connectivity index (χ1v) is 12.4. The summed E-state index contributed by atoms with van der Waals surface area (Å²) in [4.78, 5) is 14.5. The van der Waals surface area contributed by atoms with Crippen LogP contribution in [0.2, 0.25) is 0 Å². The molecule has 2 fully saturated rings. The molecule has 1 unspecified atom stereocenters. The minimum atomic E-state index is -1.68. The molecule has 8 nitrogen and oxygen atoms in total. The molecule has 1 amide bonds. The summed E-state index contributed by atoms with van der Waals surface area (Å²) in [7, 11) is 1.40. The Labute approximate surface area is 209 Å². The van der Waals surface area contributed by atoms with Crippen LogP contribution in [0.25, 0.3) is 0 Å². The molecule has 0 bridgehead atoms. The second kappa shape index (κ2) is 9.59. The number of aromatic hydroxyl groups is 1. The molecule has 0 radical (unpaired) electrons. The maximum absolute atomic E-state index is 12.6. The number of hydrogen-bond donors (Lipinski definition) is 3. The molecule has 1 saturated heterocycles. The molecule has 3 aliphatic rings. The third kappa shape index (κ3) is 5.13. The SMILES string of the molecule is CO[C@](O)(COc1cc(O)ccc1C(=O)NC1CC1)CN1CC[C@@]2(CC1Cl)OCc1ccccc12. The van der Waals surface area contributed by atoms with Crippen LogP contribution < -0.4 is 10.1 Å². The number of nitrogens with one attached hydrogen (secondary N) is 1. The second-order valence-corrected chi connectivity index (χ2v) is 10.2. The van der Waals surface area contributed by atoms with E-state index in [-0.39, 0.29) is 42.1 Å². The van der Waals surface area contributed by atoms with Crippen LogP contribution in [0.1, 0.15) is 47.2 Å². The molecule has 2 aliphatic heterocycles. The van der Waals surface area contributed by atoms with Crippen LogP contribution in [0.3, 0.4) is 0 Å². The third-order valence-corrected chi connectivity index (χ3v) is 7.55. The molecule has 0 aromatic heterocycles. The van der Waals surface area contributed by atoms with Crippen molar-refractivity contribution in [2.45, 2.75) is 55.2 Å². The van der Waals surface area contributed by atoms with Gasteiger partial charge >= 0.3 is 0 Å². The molecular weight excluding hydrogens is 472 g/mol. The number of rotatable bonds is 8. The first-order chi connectivity index (χ1) is 16.8. The smallest absolute Gasteiger partial charge is 0.255 e. The molecule has 9 heteroatoms. The number of piperidine rings is 1. The number of carbonyl (C=O) groups excluding carboxylic acids is 1. The highest BCUT2D eigenvalue weighted by Gasteiger charge is 2.47. The highest BCUT2D eigenvalue weighted by Crippen LogP contribution is 2.46. The van der Waals surface area contributed by atoms with Crippen molar-refractivity contribution in [3.8, 4) is 11.5 Å². The number of likely N-dealkylation sites (tertiary alicyclic amines) is 1. The number of fused-ring (bicyclic) bond motifs is 2. The fourth-order valence-corrected chi connectivity index (χ4v) is 5.31. The largest absolute Gasteiger partial charge is 0.508 e. The van der Waals surface area contributed by atoms with Gasteiger partial charge in [-0.05, 0) is 42.5 Å². The average Bonchev–Trinajstić information content (AvgIpc) is 3.60. The van der Waals surface area contributed by atoms with Gasteiger partial charge in [-0.3, -0.25) is 9.69 Å². The molecule has 1 saturated carbocycles. The maximum atomic E-state index is 12.6. The fraction of sp³-hybridized carbons (Fsp3) is 0.500. The van der Waals surface area contributed by atoms with E-state index in [4.69, 9.17) is 25.8 Å². The topological polar surface area (TPSA) is 100 Å². The zero-order chi connectivity index (χ0) is 24.6. The van der Waals surface area contributed by atoms with Gasteiger partial charge in [0.15, 0.2) is 0 Å². The van der Waals surface area contributed by atoms with E-state index in [0.717, 1.165) is 19.3 Å². The van der Waals surface area contributed by atoms with Gasteiger partial charge in [-0.2, -0.15) is 0 Å². The van der Waals surface area contributed by atoms with Crippen LogP contribution in [0.4, 0.5) is 0 Å².